The predicted molar refractivity (Wildman–Crippen MR) is 86.1 cm³/mol. The van der Waals surface area contributed by atoms with Gasteiger partial charge in [-0.3, -0.25) is 0 Å². The Morgan fingerprint density at radius 3 is 2.38 bits per heavy atom. The minimum absolute atomic E-state index is 0.169. The number of rotatable bonds is 7. The maximum Gasteiger partial charge on any atom is 0.344 e. The molecule has 126 valence electrons. The molecule has 0 saturated carbocycles. The molecule has 0 aliphatic heterocycles. The number of esters is 2. The van der Waals surface area contributed by atoms with Gasteiger partial charge in [-0.1, -0.05) is 30.3 Å². The Morgan fingerprint density at radius 1 is 0.958 bits per heavy atom. The fraction of sp³-hybridized carbons (Fsp3) is 0.222. The largest absolute Gasteiger partial charge is 0.493 e. The number of benzene rings is 2. The van der Waals surface area contributed by atoms with E-state index < -0.39 is 11.9 Å². The lowest BCUT2D eigenvalue weighted by molar-refractivity contribution is -0.147. The smallest absolute Gasteiger partial charge is 0.344 e. The first-order valence-electron chi connectivity index (χ1n) is 7.22. The summed E-state index contributed by atoms with van der Waals surface area (Å²) in [4.78, 5) is 23.3. The van der Waals surface area contributed by atoms with Crippen LogP contribution in [0.5, 0.6) is 11.5 Å². The molecule has 0 N–H and O–H groups in total. The van der Waals surface area contributed by atoms with Crippen LogP contribution in [0.1, 0.15) is 15.9 Å². The Hall–Kier alpha value is -3.02. The standard InChI is InChI=1S/C18H18O6/c1-21-15-9-8-14(18(20)22-2)10-16(15)23-12-17(19)24-11-13-6-4-3-5-7-13/h3-10H,11-12H2,1-2H3. The molecule has 2 aromatic carbocycles. The fourth-order valence-electron chi connectivity index (χ4n) is 1.95. The summed E-state index contributed by atoms with van der Waals surface area (Å²) in [7, 11) is 2.75. The molecule has 0 aliphatic carbocycles. The second-order valence-electron chi connectivity index (χ2n) is 4.79. The van der Waals surface area contributed by atoms with Gasteiger partial charge >= 0.3 is 11.9 Å². The van der Waals surface area contributed by atoms with E-state index in [-0.39, 0.29) is 19.0 Å². The molecular formula is C18H18O6. The van der Waals surface area contributed by atoms with E-state index in [1.807, 2.05) is 30.3 Å². The highest BCUT2D eigenvalue weighted by Crippen LogP contribution is 2.28. The highest BCUT2D eigenvalue weighted by molar-refractivity contribution is 5.90. The zero-order valence-electron chi connectivity index (χ0n) is 13.5. The number of hydrogen-bond donors (Lipinski definition) is 0. The maximum absolute atomic E-state index is 11.8. The monoisotopic (exact) mass is 330 g/mol. The average molecular weight is 330 g/mol. The van der Waals surface area contributed by atoms with Crippen molar-refractivity contribution in [2.75, 3.05) is 20.8 Å². The van der Waals surface area contributed by atoms with Gasteiger partial charge in [-0.05, 0) is 23.8 Å². The molecule has 2 aromatic rings. The van der Waals surface area contributed by atoms with Gasteiger partial charge in [-0.15, -0.1) is 0 Å². The van der Waals surface area contributed by atoms with Gasteiger partial charge in [-0.25, -0.2) is 9.59 Å². The van der Waals surface area contributed by atoms with E-state index in [1.54, 1.807) is 12.1 Å². The quantitative estimate of drug-likeness (QED) is 0.727. The number of hydrogen-bond acceptors (Lipinski definition) is 6. The van der Waals surface area contributed by atoms with Gasteiger partial charge < -0.3 is 18.9 Å². The third kappa shape index (κ3) is 4.74. The highest BCUT2D eigenvalue weighted by atomic mass is 16.6. The van der Waals surface area contributed by atoms with Crippen molar-refractivity contribution >= 4 is 11.9 Å². The molecular weight excluding hydrogens is 312 g/mol. The molecule has 0 aromatic heterocycles. The van der Waals surface area contributed by atoms with Crippen molar-refractivity contribution in [3.8, 4) is 11.5 Å². The van der Waals surface area contributed by atoms with Crippen LogP contribution in [0.4, 0.5) is 0 Å². The van der Waals surface area contributed by atoms with Crippen LogP contribution in [0.2, 0.25) is 0 Å². The number of ether oxygens (including phenoxy) is 4. The van der Waals surface area contributed by atoms with E-state index in [9.17, 15) is 9.59 Å². The number of methoxy groups -OCH3 is 2. The second-order valence-corrected chi connectivity index (χ2v) is 4.79. The van der Waals surface area contributed by atoms with Gasteiger partial charge in [0.25, 0.3) is 0 Å². The average Bonchev–Trinajstić information content (AvgIpc) is 2.64. The molecule has 0 heterocycles. The Bertz CT molecular complexity index is 696. The third-order valence-electron chi connectivity index (χ3n) is 3.17. The van der Waals surface area contributed by atoms with Crippen LogP contribution < -0.4 is 9.47 Å². The number of carbonyl (C=O) groups excluding carboxylic acids is 2. The predicted octanol–water partition coefficient (Wildman–Crippen LogP) is 2.60. The molecule has 0 radical (unpaired) electrons. The first kappa shape index (κ1) is 17.3. The van der Waals surface area contributed by atoms with Crippen molar-refractivity contribution in [2.45, 2.75) is 6.61 Å². The molecule has 2 rings (SSSR count). The summed E-state index contributed by atoms with van der Waals surface area (Å²) in [6.45, 7) is -0.129. The molecule has 0 saturated heterocycles. The van der Waals surface area contributed by atoms with Crippen LogP contribution in [-0.4, -0.2) is 32.8 Å². The molecule has 6 heteroatoms. The van der Waals surface area contributed by atoms with Crippen LogP contribution in [-0.2, 0) is 20.9 Å². The molecule has 0 amide bonds. The molecule has 0 bridgehead atoms. The van der Waals surface area contributed by atoms with E-state index in [1.165, 1.54) is 20.3 Å². The molecule has 0 aliphatic rings. The molecule has 0 atom stereocenters. The minimum Gasteiger partial charge on any atom is -0.493 e. The van der Waals surface area contributed by atoms with E-state index in [0.717, 1.165) is 5.56 Å². The first-order valence-corrected chi connectivity index (χ1v) is 7.22. The Morgan fingerprint density at radius 2 is 1.71 bits per heavy atom. The van der Waals surface area contributed by atoms with Crippen molar-refractivity contribution in [1.29, 1.82) is 0 Å². The Labute approximate surface area is 139 Å². The molecule has 24 heavy (non-hydrogen) atoms. The zero-order chi connectivity index (χ0) is 17.4. The van der Waals surface area contributed by atoms with E-state index in [2.05, 4.69) is 4.74 Å². The van der Waals surface area contributed by atoms with Crippen LogP contribution in [0, 0.1) is 0 Å². The Kier molecular flexibility index (Phi) is 6.19. The highest BCUT2D eigenvalue weighted by Gasteiger charge is 2.13. The maximum atomic E-state index is 11.8. The summed E-state index contributed by atoms with van der Waals surface area (Å²) in [5, 5.41) is 0. The van der Waals surface area contributed by atoms with Gasteiger partial charge in [0.05, 0.1) is 19.8 Å². The zero-order valence-corrected chi connectivity index (χ0v) is 13.5. The van der Waals surface area contributed by atoms with E-state index >= 15 is 0 Å². The van der Waals surface area contributed by atoms with Crippen molar-refractivity contribution < 1.29 is 28.5 Å². The van der Waals surface area contributed by atoms with Gasteiger partial charge in [-0.2, -0.15) is 0 Å². The SMILES string of the molecule is COC(=O)c1ccc(OC)c(OCC(=O)OCc2ccccc2)c1. The first-order chi connectivity index (χ1) is 11.6. The molecule has 0 spiro atoms. The van der Waals surface area contributed by atoms with Crippen LogP contribution >= 0.6 is 0 Å². The van der Waals surface area contributed by atoms with Crippen molar-refractivity contribution in [2.24, 2.45) is 0 Å². The fourth-order valence-corrected chi connectivity index (χ4v) is 1.95. The minimum atomic E-state index is -0.524. The van der Waals surface area contributed by atoms with Crippen molar-refractivity contribution in [3.63, 3.8) is 0 Å². The van der Waals surface area contributed by atoms with Gasteiger partial charge in [0.15, 0.2) is 18.1 Å². The summed E-state index contributed by atoms with van der Waals surface area (Å²) >= 11 is 0. The topological polar surface area (TPSA) is 71.1 Å². The summed E-state index contributed by atoms with van der Waals surface area (Å²) in [5.41, 5.74) is 1.18. The third-order valence-corrected chi connectivity index (χ3v) is 3.17. The molecule has 6 nitrogen and oxygen atoms in total. The van der Waals surface area contributed by atoms with E-state index in [0.29, 0.717) is 11.3 Å². The van der Waals surface area contributed by atoms with Gasteiger partial charge in [0.2, 0.25) is 0 Å². The molecule has 0 unspecified atom stereocenters. The van der Waals surface area contributed by atoms with Gasteiger partial charge in [0, 0.05) is 0 Å². The lowest BCUT2D eigenvalue weighted by atomic mass is 10.2. The summed E-state index contributed by atoms with van der Waals surface area (Å²) in [6.07, 6.45) is 0. The lowest BCUT2D eigenvalue weighted by Gasteiger charge is -2.11. The van der Waals surface area contributed by atoms with E-state index in [4.69, 9.17) is 14.2 Å². The lowest BCUT2D eigenvalue weighted by Crippen LogP contribution is -2.15. The van der Waals surface area contributed by atoms with Crippen LogP contribution in [0.25, 0.3) is 0 Å². The summed E-state index contributed by atoms with van der Waals surface area (Å²) < 4.78 is 20.3. The van der Waals surface area contributed by atoms with Crippen LogP contribution in [0.15, 0.2) is 48.5 Å². The Balaban J connectivity index is 1.94. The van der Waals surface area contributed by atoms with Crippen LogP contribution in [0.3, 0.4) is 0 Å². The summed E-state index contributed by atoms with van der Waals surface area (Å²) in [6, 6.07) is 13.9. The normalized spacial score (nSPS) is 9.92. The molecule has 0 fully saturated rings. The van der Waals surface area contributed by atoms with Crippen molar-refractivity contribution in [3.05, 3.63) is 59.7 Å². The van der Waals surface area contributed by atoms with Crippen molar-refractivity contribution in [1.82, 2.24) is 0 Å². The summed E-state index contributed by atoms with van der Waals surface area (Å²) in [5.74, 6) is -0.367. The number of carbonyl (C=O) groups is 2. The van der Waals surface area contributed by atoms with Gasteiger partial charge in [0.1, 0.15) is 6.61 Å². The second kappa shape index (κ2) is 8.57.